The van der Waals surface area contributed by atoms with Gasteiger partial charge in [0.25, 0.3) is 11.5 Å². The van der Waals surface area contributed by atoms with E-state index in [4.69, 9.17) is 4.74 Å². The number of rotatable bonds is 6. The largest absolute Gasteiger partial charge is 0.466 e. The molecule has 1 N–H and O–H groups in total. The third kappa shape index (κ3) is 4.34. The molecule has 1 atom stereocenters. The molecule has 0 aliphatic rings. The average molecular weight is 436 g/mol. The van der Waals surface area contributed by atoms with E-state index in [1.54, 1.807) is 37.4 Å². The van der Waals surface area contributed by atoms with Crippen molar-refractivity contribution in [2.75, 3.05) is 6.61 Å². The Morgan fingerprint density at radius 2 is 1.97 bits per heavy atom. The van der Waals surface area contributed by atoms with Gasteiger partial charge in [0.2, 0.25) is 0 Å². The number of hydrogen-bond acceptors (Lipinski definition) is 6. The van der Waals surface area contributed by atoms with Crippen molar-refractivity contribution in [3.8, 4) is 0 Å². The molecule has 1 unspecified atom stereocenters. The van der Waals surface area contributed by atoms with Crippen LogP contribution in [0.25, 0.3) is 15.9 Å². The van der Waals surface area contributed by atoms with Crippen LogP contribution in [0.3, 0.4) is 0 Å². The zero-order valence-corrected chi connectivity index (χ0v) is 17.9. The van der Waals surface area contributed by atoms with Crippen molar-refractivity contribution in [3.05, 3.63) is 81.1 Å². The van der Waals surface area contributed by atoms with Crippen LogP contribution < -0.4 is 10.9 Å². The Bertz CT molecular complexity index is 1320. The summed E-state index contributed by atoms with van der Waals surface area (Å²) < 4.78 is 6.52. The lowest BCUT2D eigenvalue weighted by atomic mass is 10.0. The van der Waals surface area contributed by atoms with Gasteiger partial charge in [0, 0.05) is 6.20 Å². The van der Waals surface area contributed by atoms with Gasteiger partial charge in [-0.25, -0.2) is 4.98 Å². The highest BCUT2D eigenvalue weighted by Gasteiger charge is 2.22. The summed E-state index contributed by atoms with van der Waals surface area (Å²) >= 11 is 1.15. The van der Waals surface area contributed by atoms with Gasteiger partial charge in [-0.1, -0.05) is 35.9 Å². The molecular weight excluding hydrogens is 414 g/mol. The van der Waals surface area contributed by atoms with Crippen molar-refractivity contribution < 1.29 is 14.3 Å². The Morgan fingerprint density at radius 3 is 2.71 bits per heavy atom. The third-order valence-corrected chi connectivity index (χ3v) is 5.93. The summed E-state index contributed by atoms with van der Waals surface area (Å²) in [5.74, 6) is -0.762. The number of ether oxygens (including phenoxy) is 1. The van der Waals surface area contributed by atoms with Crippen molar-refractivity contribution in [2.45, 2.75) is 26.3 Å². The fraction of sp³-hybridized carbons (Fsp3) is 0.217. The number of amides is 1. The summed E-state index contributed by atoms with van der Waals surface area (Å²) in [5.41, 5.74) is 2.18. The minimum atomic E-state index is -0.550. The van der Waals surface area contributed by atoms with Crippen molar-refractivity contribution >= 4 is 39.1 Å². The molecule has 1 amide bonds. The highest BCUT2D eigenvalue weighted by atomic mass is 32.1. The maximum atomic E-state index is 13.0. The van der Waals surface area contributed by atoms with Gasteiger partial charge in [-0.3, -0.25) is 18.8 Å². The van der Waals surface area contributed by atoms with Crippen LogP contribution in [0.5, 0.6) is 0 Å². The fourth-order valence-electron chi connectivity index (χ4n) is 3.33. The van der Waals surface area contributed by atoms with E-state index in [9.17, 15) is 14.4 Å². The van der Waals surface area contributed by atoms with Crippen LogP contribution in [-0.4, -0.2) is 27.9 Å². The third-order valence-electron chi connectivity index (χ3n) is 4.90. The number of carbonyl (C=O) groups excluding carboxylic acids is 2. The standard InChI is InChI=1S/C23H21N3O4S/c1-3-30-20(27)13-17(15-9-7-14(2)8-10-15)24-21(28)18-12-16-22(31-18)25-19-6-4-5-11-26(19)23(16)29/h4-12,17H,3,13H2,1-2H3,(H,24,28). The number of esters is 1. The molecule has 7 nitrogen and oxygen atoms in total. The van der Waals surface area contributed by atoms with Crippen LogP contribution >= 0.6 is 11.3 Å². The molecule has 1 aromatic carbocycles. The smallest absolute Gasteiger partial charge is 0.308 e. The Hall–Kier alpha value is -3.52. The molecule has 158 valence electrons. The predicted molar refractivity (Wildman–Crippen MR) is 119 cm³/mol. The molecule has 31 heavy (non-hydrogen) atoms. The Labute approximate surface area is 182 Å². The van der Waals surface area contributed by atoms with E-state index in [1.807, 2.05) is 31.2 Å². The first-order valence-electron chi connectivity index (χ1n) is 9.90. The molecule has 0 bridgehead atoms. The van der Waals surface area contributed by atoms with Gasteiger partial charge < -0.3 is 10.1 Å². The number of nitrogens with one attached hydrogen (secondary N) is 1. The zero-order valence-electron chi connectivity index (χ0n) is 17.1. The molecule has 8 heteroatoms. The van der Waals surface area contributed by atoms with Crippen molar-refractivity contribution in [3.63, 3.8) is 0 Å². The number of pyridine rings is 1. The second-order valence-electron chi connectivity index (χ2n) is 7.12. The predicted octanol–water partition coefficient (Wildman–Crippen LogP) is 3.64. The number of hydrogen-bond donors (Lipinski definition) is 1. The van der Waals surface area contributed by atoms with Crippen molar-refractivity contribution in [2.24, 2.45) is 0 Å². The summed E-state index contributed by atoms with van der Waals surface area (Å²) in [4.78, 5) is 43.2. The zero-order chi connectivity index (χ0) is 22.0. The maximum Gasteiger partial charge on any atom is 0.308 e. The Balaban J connectivity index is 1.66. The van der Waals surface area contributed by atoms with Gasteiger partial charge in [0.15, 0.2) is 0 Å². The molecule has 0 fully saturated rings. The summed E-state index contributed by atoms with van der Waals surface area (Å²) in [7, 11) is 0. The second-order valence-corrected chi connectivity index (χ2v) is 8.15. The average Bonchev–Trinajstić information content (AvgIpc) is 3.19. The first-order chi connectivity index (χ1) is 15.0. The highest BCUT2D eigenvalue weighted by Crippen LogP contribution is 2.24. The summed E-state index contributed by atoms with van der Waals surface area (Å²) in [6.07, 6.45) is 1.66. The summed E-state index contributed by atoms with van der Waals surface area (Å²) in [6, 6.07) is 13.9. The molecule has 4 aromatic rings. The van der Waals surface area contributed by atoms with Crippen LogP contribution in [-0.2, 0) is 9.53 Å². The summed E-state index contributed by atoms with van der Waals surface area (Å²) in [6.45, 7) is 3.98. The number of aromatic nitrogens is 2. The van der Waals surface area contributed by atoms with E-state index in [-0.39, 0.29) is 24.5 Å². The second kappa shape index (κ2) is 8.69. The van der Waals surface area contributed by atoms with Crippen LogP contribution in [0.2, 0.25) is 0 Å². The molecule has 4 rings (SSSR count). The van der Waals surface area contributed by atoms with E-state index in [2.05, 4.69) is 10.3 Å². The maximum absolute atomic E-state index is 13.0. The van der Waals surface area contributed by atoms with Gasteiger partial charge in [-0.05, 0) is 37.6 Å². The molecular formula is C23H21N3O4S. The molecule has 0 aliphatic heterocycles. The summed E-state index contributed by atoms with van der Waals surface area (Å²) in [5, 5.41) is 3.30. The van der Waals surface area contributed by atoms with Gasteiger partial charge in [-0.2, -0.15) is 0 Å². The van der Waals surface area contributed by atoms with E-state index in [0.717, 1.165) is 22.5 Å². The monoisotopic (exact) mass is 435 g/mol. The normalized spacial score (nSPS) is 12.1. The molecule has 3 heterocycles. The lowest BCUT2D eigenvalue weighted by molar-refractivity contribution is -0.143. The fourth-order valence-corrected chi connectivity index (χ4v) is 4.26. The van der Waals surface area contributed by atoms with Gasteiger partial charge in [0.1, 0.15) is 10.5 Å². The van der Waals surface area contributed by atoms with E-state index >= 15 is 0 Å². The molecule has 0 radical (unpaired) electrons. The van der Waals surface area contributed by atoms with Crippen molar-refractivity contribution in [1.29, 1.82) is 0 Å². The van der Waals surface area contributed by atoms with Gasteiger partial charge >= 0.3 is 5.97 Å². The van der Waals surface area contributed by atoms with Gasteiger partial charge in [-0.15, -0.1) is 11.3 Å². The first kappa shape index (κ1) is 20.7. The lowest BCUT2D eigenvalue weighted by Gasteiger charge is -2.18. The molecule has 0 saturated heterocycles. The topological polar surface area (TPSA) is 89.8 Å². The van der Waals surface area contributed by atoms with E-state index in [1.165, 1.54) is 4.40 Å². The lowest BCUT2D eigenvalue weighted by Crippen LogP contribution is -2.30. The molecule has 3 aromatic heterocycles. The number of benzene rings is 1. The number of nitrogens with zero attached hydrogens (tertiary/aromatic N) is 2. The quantitative estimate of drug-likeness (QED) is 0.467. The van der Waals surface area contributed by atoms with E-state index in [0.29, 0.717) is 20.7 Å². The number of aryl methyl sites for hydroxylation is 1. The minimum Gasteiger partial charge on any atom is -0.466 e. The molecule has 0 spiro atoms. The van der Waals surface area contributed by atoms with Crippen molar-refractivity contribution in [1.82, 2.24) is 14.7 Å². The van der Waals surface area contributed by atoms with Crippen LogP contribution in [0.1, 0.15) is 40.2 Å². The first-order valence-corrected chi connectivity index (χ1v) is 10.7. The Kier molecular flexibility index (Phi) is 5.81. The van der Waals surface area contributed by atoms with Crippen LogP contribution in [0, 0.1) is 6.92 Å². The van der Waals surface area contributed by atoms with Crippen LogP contribution in [0.4, 0.5) is 0 Å². The number of carbonyl (C=O) groups is 2. The molecule has 0 saturated carbocycles. The molecule has 0 aliphatic carbocycles. The Morgan fingerprint density at radius 1 is 1.19 bits per heavy atom. The highest BCUT2D eigenvalue weighted by molar-refractivity contribution is 7.20. The van der Waals surface area contributed by atoms with Crippen LogP contribution in [0.15, 0.2) is 59.5 Å². The minimum absolute atomic E-state index is 0.0122. The number of fused-ring (bicyclic) bond motifs is 2. The van der Waals surface area contributed by atoms with E-state index < -0.39 is 12.0 Å². The SMILES string of the molecule is CCOC(=O)CC(NC(=O)c1cc2c(=O)n3ccccc3nc2s1)c1ccc(C)cc1. The van der Waals surface area contributed by atoms with Gasteiger partial charge in [0.05, 0.1) is 29.3 Å². The number of thiophene rings is 1.